The lowest BCUT2D eigenvalue weighted by atomic mass is 10.1. The zero-order valence-corrected chi connectivity index (χ0v) is 24.5. The Hall–Kier alpha value is -4.30. The highest BCUT2D eigenvalue weighted by Gasteiger charge is 2.41. The molecule has 0 spiro atoms. The van der Waals surface area contributed by atoms with E-state index in [1.54, 1.807) is 14.0 Å². The van der Waals surface area contributed by atoms with Crippen LogP contribution >= 0.6 is 15.9 Å². The van der Waals surface area contributed by atoms with Gasteiger partial charge in [-0.25, -0.2) is 5.01 Å². The monoisotopic (exact) mass is 598 g/mol. The highest BCUT2D eigenvalue weighted by Crippen LogP contribution is 2.45. The van der Waals surface area contributed by atoms with Crippen molar-refractivity contribution in [3.63, 3.8) is 0 Å². The van der Waals surface area contributed by atoms with Crippen LogP contribution in [0.4, 0.5) is 17.1 Å². The van der Waals surface area contributed by atoms with Crippen LogP contribution in [0.1, 0.15) is 24.2 Å². The minimum atomic E-state index is -0.512. The van der Waals surface area contributed by atoms with E-state index in [-0.39, 0.29) is 5.78 Å². The highest BCUT2D eigenvalue weighted by molar-refractivity contribution is 9.10. The molecule has 7 nitrogen and oxygen atoms in total. The van der Waals surface area contributed by atoms with Gasteiger partial charge in [-0.3, -0.25) is 9.69 Å². The predicted molar refractivity (Wildman–Crippen MR) is 164 cm³/mol. The normalized spacial score (nSPS) is 14.6. The van der Waals surface area contributed by atoms with Gasteiger partial charge < -0.3 is 14.4 Å². The number of hydrogen-bond acceptors (Lipinski definition) is 7. The van der Waals surface area contributed by atoms with Crippen molar-refractivity contribution in [3.8, 4) is 11.5 Å². The molecule has 4 aromatic carbocycles. The molecule has 0 fully saturated rings. The minimum Gasteiger partial charge on any atom is -0.493 e. The number of ether oxygens (including phenoxy) is 2. The van der Waals surface area contributed by atoms with E-state index in [1.165, 1.54) is 0 Å². The first-order valence-corrected chi connectivity index (χ1v) is 13.7. The van der Waals surface area contributed by atoms with Gasteiger partial charge in [0.25, 0.3) is 0 Å². The Morgan fingerprint density at radius 2 is 1.60 bits per heavy atom. The summed E-state index contributed by atoms with van der Waals surface area (Å²) in [4.78, 5) is 17.0. The smallest absolute Gasteiger partial charge is 0.198 e. The summed E-state index contributed by atoms with van der Waals surface area (Å²) in [6.45, 7) is 1.89. The molecule has 1 atom stereocenters. The summed E-state index contributed by atoms with van der Waals surface area (Å²) < 4.78 is 13.3. The standard InChI is InChI=1S/C32H31BrN4O3/c1-22(38)31-34-37(27-9-6-5-7-10-27)32(36(31)26-19-17-25(18-20-26)35(2)3)28-11-8-12-29(39-4)30(28)40-21-23-13-15-24(33)16-14-23/h5-20,32H,21H2,1-4H3. The van der Waals surface area contributed by atoms with Gasteiger partial charge in [0.05, 0.1) is 12.8 Å². The summed E-state index contributed by atoms with van der Waals surface area (Å²) in [6.07, 6.45) is -0.512. The summed E-state index contributed by atoms with van der Waals surface area (Å²) in [5.74, 6) is 1.39. The summed E-state index contributed by atoms with van der Waals surface area (Å²) in [5, 5.41) is 6.74. The molecule has 0 saturated carbocycles. The number of carbonyl (C=O) groups is 1. The van der Waals surface area contributed by atoms with Crippen molar-refractivity contribution in [2.45, 2.75) is 19.7 Å². The van der Waals surface area contributed by atoms with Crippen LogP contribution in [0.15, 0.2) is 107 Å². The van der Waals surface area contributed by atoms with Crippen LogP contribution in [0.3, 0.4) is 0 Å². The van der Waals surface area contributed by atoms with E-state index >= 15 is 0 Å². The fraction of sp³-hybridized carbons (Fsp3) is 0.188. The van der Waals surface area contributed by atoms with Gasteiger partial charge in [0.2, 0.25) is 0 Å². The molecule has 0 aromatic heterocycles. The molecule has 0 radical (unpaired) electrons. The third-order valence-electron chi connectivity index (χ3n) is 6.69. The molecule has 204 valence electrons. The Bertz CT molecular complexity index is 1510. The average molecular weight is 600 g/mol. The van der Waals surface area contributed by atoms with Gasteiger partial charge in [0, 0.05) is 42.4 Å². The number of methoxy groups -OCH3 is 1. The number of halogens is 1. The van der Waals surface area contributed by atoms with Crippen LogP contribution in [0, 0.1) is 0 Å². The van der Waals surface area contributed by atoms with Crippen molar-refractivity contribution in [1.29, 1.82) is 0 Å². The molecule has 0 saturated heterocycles. The number of benzene rings is 4. The van der Waals surface area contributed by atoms with Gasteiger partial charge in [-0.1, -0.05) is 58.4 Å². The summed E-state index contributed by atoms with van der Waals surface area (Å²) >= 11 is 3.49. The number of Topliss-reactive ketones (excluding diaryl/α,β-unsaturated/α-hetero) is 1. The van der Waals surface area contributed by atoms with Gasteiger partial charge in [0.15, 0.2) is 29.3 Å². The predicted octanol–water partition coefficient (Wildman–Crippen LogP) is 7.03. The minimum absolute atomic E-state index is 0.139. The van der Waals surface area contributed by atoms with Crippen LogP contribution in [0.25, 0.3) is 0 Å². The summed E-state index contributed by atoms with van der Waals surface area (Å²) in [6, 6.07) is 31.7. The highest BCUT2D eigenvalue weighted by atomic mass is 79.9. The number of rotatable bonds is 9. The zero-order valence-electron chi connectivity index (χ0n) is 22.9. The van der Waals surface area contributed by atoms with Crippen molar-refractivity contribution in [1.82, 2.24) is 0 Å². The number of ketones is 1. The van der Waals surface area contributed by atoms with Crippen molar-refractivity contribution in [3.05, 3.63) is 113 Å². The molecule has 0 aliphatic carbocycles. The van der Waals surface area contributed by atoms with Crippen molar-refractivity contribution in [2.75, 3.05) is 36.0 Å². The van der Waals surface area contributed by atoms with E-state index in [0.29, 0.717) is 23.9 Å². The van der Waals surface area contributed by atoms with E-state index in [9.17, 15) is 4.79 Å². The summed E-state index contributed by atoms with van der Waals surface area (Å²) in [7, 11) is 5.63. The van der Waals surface area contributed by atoms with Gasteiger partial charge in [-0.2, -0.15) is 0 Å². The molecule has 40 heavy (non-hydrogen) atoms. The molecule has 0 amide bonds. The molecule has 1 unspecified atom stereocenters. The first-order valence-electron chi connectivity index (χ1n) is 12.9. The second-order valence-corrected chi connectivity index (χ2v) is 10.5. The maximum Gasteiger partial charge on any atom is 0.198 e. The van der Waals surface area contributed by atoms with Crippen molar-refractivity contribution >= 4 is 44.6 Å². The largest absolute Gasteiger partial charge is 0.493 e. The lowest BCUT2D eigenvalue weighted by molar-refractivity contribution is -0.111. The third-order valence-corrected chi connectivity index (χ3v) is 7.22. The second-order valence-electron chi connectivity index (χ2n) is 9.61. The second kappa shape index (κ2) is 11.8. The molecule has 8 heteroatoms. The van der Waals surface area contributed by atoms with Crippen molar-refractivity contribution in [2.24, 2.45) is 5.10 Å². The third kappa shape index (κ3) is 5.53. The Morgan fingerprint density at radius 3 is 2.23 bits per heavy atom. The fourth-order valence-corrected chi connectivity index (χ4v) is 4.95. The van der Waals surface area contributed by atoms with E-state index in [0.717, 1.165) is 32.7 Å². The van der Waals surface area contributed by atoms with E-state index in [2.05, 4.69) is 15.9 Å². The Balaban J connectivity index is 1.65. The average Bonchev–Trinajstić information content (AvgIpc) is 3.38. The van der Waals surface area contributed by atoms with E-state index in [4.69, 9.17) is 14.6 Å². The molecule has 0 bridgehead atoms. The molecule has 1 aliphatic rings. The summed E-state index contributed by atoms with van der Waals surface area (Å²) in [5.41, 5.74) is 4.57. The van der Waals surface area contributed by atoms with E-state index in [1.807, 2.05) is 126 Å². The number of amidine groups is 1. The molecule has 1 heterocycles. The number of nitrogens with zero attached hydrogens (tertiary/aromatic N) is 4. The topological polar surface area (TPSA) is 57.6 Å². The lowest BCUT2D eigenvalue weighted by Crippen LogP contribution is -2.38. The fourth-order valence-electron chi connectivity index (χ4n) is 4.68. The SMILES string of the molecule is COc1cccc(C2N(c3ccccc3)N=C(C(C)=O)N2c2ccc(N(C)C)cc2)c1OCc1ccc(Br)cc1. The van der Waals surface area contributed by atoms with Crippen LogP contribution in [-0.4, -0.2) is 32.8 Å². The van der Waals surface area contributed by atoms with Gasteiger partial charge in [-0.05, 0) is 60.2 Å². The Morgan fingerprint density at radius 1 is 0.900 bits per heavy atom. The van der Waals surface area contributed by atoms with Crippen LogP contribution in [0.5, 0.6) is 11.5 Å². The first kappa shape index (κ1) is 27.3. The number of carbonyl (C=O) groups excluding carboxylic acids is 1. The molecular formula is C32H31BrN4O3. The number of anilines is 3. The maximum absolute atomic E-state index is 13.0. The zero-order chi connectivity index (χ0) is 28.2. The number of para-hydroxylation sites is 2. The Kier molecular flexibility index (Phi) is 8.07. The number of hydrogen-bond donors (Lipinski definition) is 0. The van der Waals surface area contributed by atoms with Crippen LogP contribution in [0.2, 0.25) is 0 Å². The molecule has 5 rings (SSSR count). The van der Waals surface area contributed by atoms with Gasteiger partial charge in [-0.15, -0.1) is 5.10 Å². The maximum atomic E-state index is 13.0. The first-order chi connectivity index (χ1) is 19.4. The van der Waals surface area contributed by atoms with E-state index < -0.39 is 6.17 Å². The van der Waals surface area contributed by atoms with Crippen LogP contribution < -0.4 is 24.3 Å². The quantitative estimate of drug-likeness (QED) is 0.206. The van der Waals surface area contributed by atoms with Gasteiger partial charge in [0.1, 0.15) is 6.61 Å². The lowest BCUT2D eigenvalue weighted by Gasteiger charge is -2.33. The Labute approximate surface area is 243 Å². The molecule has 0 N–H and O–H groups in total. The molecule has 4 aromatic rings. The van der Waals surface area contributed by atoms with Crippen molar-refractivity contribution < 1.29 is 14.3 Å². The molecule has 1 aliphatic heterocycles. The van der Waals surface area contributed by atoms with Crippen LogP contribution in [-0.2, 0) is 11.4 Å². The molecular weight excluding hydrogens is 568 g/mol. The van der Waals surface area contributed by atoms with Gasteiger partial charge >= 0.3 is 0 Å². The number of hydrazone groups is 1.